The Morgan fingerprint density at radius 2 is 1.61 bits per heavy atom. The molecule has 1 atom stereocenters. The minimum atomic E-state index is -0.309. The Morgan fingerprint density at radius 1 is 0.903 bits per heavy atom. The van der Waals surface area contributed by atoms with E-state index in [1.54, 1.807) is 12.1 Å². The molecule has 1 heterocycles. The van der Waals surface area contributed by atoms with Crippen LogP contribution in [-0.4, -0.2) is 23.3 Å². The Morgan fingerprint density at radius 3 is 2.39 bits per heavy atom. The summed E-state index contributed by atoms with van der Waals surface area (Å²) in [6, 6.07) is 24.1. The number of hydrogen-bond donors (Lipinski definition) is 1. The third kappa shape index (κ3) is 5.00. The summed E-state index contributed by atoms with van der Waals surface area (Å²) in [5, 5.41) is 2.80. The molecule has 5 heteroatoms. The van der Waals surface area contributed by atoms with Crippen LogP contribution in [0.5, 0.6) is 0 Å². The number of halogens is 1. The molecule has 0 saturated carbocycles. The third-order valence-electron chi connectivity index (χ3n) is 5.69. The van der Waals surface area contributed by atoms with Crippen molar-refractivity contribution in [3.05, 3.63) is 107 Å². The van der Waals surface area contributed by atoms with Gasteiger partial charge in [0.2, 0.25) is 11.8 Å². The minimum Gasteiger partial charge on any atom is -0.352 e. The monoisotopic (exact) mass is 416 g/mol. The van der Waals surface area contributed by atoms with E-state index in [4.69, 9.17) is 0 Å². The first kappa shape index (κ1) is 20.8. The van der Waals surface area contributed by atoms with Gasteiger partial charge in [-0.3, -0.25) is 9.59 Å². The van der Waals surface area contributed by atoms with Gasteiger partial charge in [-0.05, 0) is 40.8 Å². The summed E-state index contributed by atoms with van der Waals surface area (Å²) < 4.78 is 13.0. The molecule has 0 radical (unpaired) electrons. The van der Waals surface area contributed by atoms with Gasteiger partial charge in [-0.2, -0.15) is 0 Å². The molecule has 1 aliphatic rings. The zero-order valence-electron chi connectivity index (χ0n) is 17.3. The Bertz CT molecular complexity index is 1050. The zero-order valence-corrected chi connectivity index (χ0v) is 17.3. The van der Waals surface area contributed by atoms with Crippen molar-refractivity contribution in [3.63, 3.8) is 0 Å². The lowest BCUT2D eigenvalue weighted by Gasteiger charge is -2.38. The molecular weight excluding hydrogens is 391 g/mol. The SMILES string of the molecule is O=C(CCC(=O)N1CCc2ccccc2C1c1ccccc1)NCc1ccc(F)cc1. The number of nitrogens with zero attached hydrogens (tertiary/aromatic N) is 1. The maximum Gasteiger partial charge on any atom is 0.223 e. The lowest BCUT2D eigenvalue weighted by Crippen LogP contribution is -2.41. The van der Waals surface area contributed by atoms with E-state index < -0.39 is 0 Å². The van der Waals surface area contributed by atoms with Crippen LogP contribution in [0.3, 0.4) is 0 Å². The van der Waals surface area contributed by atoms with Gasteiger partial charge in [-0.1, -0.05) is 66.7 Å². The second-order valence-corrected chi connectivity index (χ2v) is 7.75. The molecule has 4 rings (SSSR count). The molecule has 1 unspecified atom stereocenters. The van der Waals surface area contributed by atoms with Gasteiger partial charge >= 0.3 is 0 Å². The molecule has 0 aliphatic carbocycles. The van der Waals surface area contributed by atoms with Crippen LogP contribution in [0, 0.1) is 5.82 Å². The topological polar surface area (TPSA) is 49.4 Å². The van der Waals surface area contributed by atoms with E-state index in [9.17, 15) is 14.0 Å². The highest BCUT2D eigenvalue weighted by molar-refractivity contribution is 5.84. The van der Waals surface area contributed by atoms with Gasteiger partial charge in [0.05, 0.1) is 6.04 Å². The number of carbonyl (C=O) groups is 2. The number of benzene rings is 3. The molecule has 0 spiro atoms. The van der Waals surface area contributed by atoms with Crippen LogP contribution < -0.4 is 5.32 Å². The molecule has 1 aliphatic heterocycles. The molecule has 2 amide bonds. The molecule has 0 aromatic heterocycles. The average molecular weight is 416 g/mol. The minimum absolute atomic E-state index is 0.0275. The van der Waals surface area contributed by atoms with Crippen LogP contribution in [0.25, 0.3) is 0 Å². The lowest BCUT2D eigenvalue weighted by atomic mass is 9.88. The standard InChI is InChI=1S/C26H25FN2O2/c27-22-12-10-19(11-13-22)18-28-24(30)14-15-25(31)29-17-16-20-6-4-5-9-23(20)26(29)21-7-2-1-3-8-21/h1-13,26H,14-18H2,(H,28,30). The molecule has 31 heavy (non-hydrogen) atoms. The van der Waals surface area contributed by atoms with Gasteiger partial charge in [0, 0.05) is 25.9 Å². The van der Waals surface area contributed by atoms with Crippen LogP contribution >= 0.6 is 0 Å². The maximum absolute atomic E-state index is 13.1. The molecule has 3 aromatic rings. The quantitative estimate of drug-likeness (QED) is 0.648. The lowest BCUT2D eigenvalue weighted by molar-refractivity contribution is -0.135. The fraction of sp³-hybridized carbons (Fsp3) is 0.231. The van der Waals surface area contributed by atoms with Gasteiger partial charge in [-0.15, -0.1) is 0 Å². The van der Waals surface area contributed by atoms with Crippen molar-refractivity contribution in [2.24, 2.45) is 0 Å². The number of carbonyl (C=O) groups excluding carboxylic acids is 2. The summed E-state index contributed by atoms with van der Waals surface area (Å²) in [6.07, 6.45) is 1.09. The van der Waals surface area contributed by atoms with E-state index in [2.05, 4.69) is 17.4 Å². The molecule has 0 bridgehead atoms. The molecular formula is C26H25FN2O2. The van der Waals surface area contributed by atoms with E-state index >= 15 is 0 Å². The molecule has 0 saturated heterocycles. The van der Waals surface area contributed by atoms with Gasteiger partial charge < -0.3 is 10.2 Å². The molecule has 4 nitrogen and oxygen atoms in total. The fourth-order valence-electron chi connectivity index (χ4n) is 4.09. The van der Waals surface area contributed by atoms with Crippen LogP contribution in [0.4, 0.5) is 4.39 Å². The van der Waals surface area contributed by atoms with Crippen molar-refractivity contribution in [2.45, 2.75) is 31.8 Å². The zero-order chi connectivity index (χ0) is 21.6. The van der Waals surface area contributed by atoms with Crippen molar-refractivity contribution in [2.75, 3.05) is 6.54 Å². The largest absolute Gasteiger partial charge is 0.352 e. The normalized spacial score (nSPS) is 15.3. The Hall–Kier alpha value is -3.47. The molecule has 158 valence electrons. The van der Waals surface area contributed by atoms with Crippen molar-refractivity contribution in [3.8, 4) is 0 Å². The number of nitrogens with one attached hydrogen (secondary N) is 1. The molecule has 1 N–H and O–H groups in total. The van der Waals surface area contributed by atoms with Crippen LogP contribution in [0.2, 0.25) is 0 Å². The van der Waals surface area contributed by atoms with Gasteiger partial charge in [-0.25, -0.2) is 4.39 Å². The maximum atomic E-state index is 13.1. The number of amides is 2. The predicted octanol–water partition coefficient (Wildman–Crippen LogP) is 4.40. The van der Waals surface area contributed by atoms with E-state index in [1.807, 2.05) is 47.4 Å². The van der Waals surface area contributed by atoms with Crippen LogP contribution in [-0.2, 0) is 22.6 Å². The van der Waals surface area contributed by atoms with Gasteiger partial charge in [0.1, 0.15) is 5.82 Å². The number of fused-ring (bicyclic) bond motifs is 1. The summed E-state index contributed by atoms with van der Waals surface area (Å²) in [4.78, 5) is 27.3. The number of rotatable bonds is 6. The molecule has 3 aromatic carbocycles. The summed E-state index contributed by atoms with van der Waals surface area (Å²) in [5.41, 5.74) is 4.30. The second kappa shape index (κ2) is 9.56. The summed E-state index contributed by atoms with van der Waals surface area (Å²) in [7, 11) is 0. The van der Waals surface area contributed by atoms with Crippen molar-refractivity contribution < 1.29 is 14.0 Å². The Kier molecular flexibility index (Phi) is 6.41. The average Bonchev–Trinajstić information content (AvgIpc) is 2.82. The Labute approximate surface area is 181 Å². The first-order chi connectivity index (χ1) is 15.1. The fourth-order valence-corrected chi connectivity index (χ4v) is 4.09. The number of hydrogen-bond acceptors (Lipinski definition) is 2. The summed E-state index contributed by atoms with van der Waals surface area (Å²) in [5.74, 6) is -0.525. The van der Waals surface area contributed by atoms with Crippen molar-refractivity contribution in [1.82, 2.24) is 10.2 Å². The first-order valence-electron chi connectivity index (χ1n) is 10.5. The van der Waals surface area contributed by atoms with E-state index in [1.165, 1.54) is 17.7 Å². The summed E-state index contributed by atoms with van der Waals surface area (Å²) in [6.45, 7) is 0.948. The van der Waals surface area contributed by atoms with Crippen LogP contribution in [0.1, 0.15) is 41.1 Å². The summed E-state index contributed by atoms with van der Waals surface area (Å²) >= 11 is 0. The smallest absolute Gasteiger partial charge is 0.223 e. The highest BCUT2D eigenvalue weighted by Gasteiger charge is 2.31. The highest BCUT2D eigenvalue weighted by Crippen LogP contribution is 2.35. The van der Waals surface area contributed by atoms with Gasteiger partial charge in [0.15, 0.2) is 0 Å². The Balaban J connectivity index is 1.41. The first-order valence-corrected chi connectivity index (χ1v) is 10.5. The molecule has 0 fully saturated rings. The van der Waals surface area contributed by atoms with Crippen molar-refractivity contribution >= 4 is 11.8 Å². The van der Waals surface area contributed by atoms with Gasteiger partial charge in [0.25, 0.3) is 0 Å². The predicted molar refractivity (Wildman–Crippen MR) is 118 cm³/mol. The van der Waals surface area contributed by atoms with Crippen LogP contribution in [0.15, 0.2) is 78.9 Å². The second-order valence-electron chi connectivity index (χ2n) is 7.75. The third-order valence-corrected chi connectivity index (χ3v) is 5.69. The van der Waals surface area contributed by atoms with E-state index in [0.717, 1.165) is 23.1 Å². The van der Waals surface area contributed by atoms with E-state index in [-0.39, 0.29) is 36.5 Å². The highest BCUT2D eigenvalue weighted by atomic mass is 19.1. The van der Waals surface area contributed by atoms with Crippen molar-refractivity contribution in [1.29, 1.82) is 0 Å². The van der Waals surface area contributed by atoms with E-state index in [0.29, 0.717) is 13.1 Å².